The minimum Gasteiger partial charge on any atom is -0.342 e. The van der Waals surface area contributed by atoms with E-state index in [1.165, 1.54) is 6.92 Å². The smallest absolute Gasteiger partial charge is 0.320 e. The number of aliphatic imine (C=N–C) groups is 1. The van der Waals surface area contributed by atoms with E-state index < -0.39 is 5.50 Å². The first kappa shape index (κ1) is 27.2. The molecule has 0 aromatic carbocycles. The molecule has 0 radical (unpaired) electrons. The van der Waals surface area contributed by atoms with Crippen molar-refractivity contribution < 1.29 is 9.18 Å². The van der Waals surface area contributed by atoms with Crippen LogP contribution in [-0.2, 0) is 6.42 Å². The van der Waals surface area contributed by atoms with Gasteiger partial charge in [-0.25, -0.2) is 19.2 Å². The Balaban J connectivity index is 1.58. The highest BCUT2D eigenvalue weighted by Gasteiger charge is 2.35. The molecule has 1 aromatic heterocycles. The van der Waals surface area contributed by atoms with Gasteiger partial charge in [-0.15, -0.1) is 0 Å². The number of thioether (sulfide) groups is 1. The summed E-state index contributed by atoms with van der Waals surface area (Å²) in [4.78, 5) is 30.1. The number of imidazole rings is 1. The molecule has 2 fully saturated rings. The third-order valence-corrected chi connectivity index (χ3v) is 8.24. The van der Waals surface area contributed by atoms with Crippen molar-refractivity contribution in [1.82, 2.24) is 24.3 Å². The molecule has 0 saturated carbocycles. The Bertz CT molecular complexity index is 1070. The second-order valence-electron chi connectivity index (χ2n) is 9.77. The number of carbonyl (C=O) groups is 1. The molecule has 1 aromatic rings. The van der Waals surface area contributed by atoms with Gasteiger partial charge in [-0.3, -0.25) is 9.98 Å². The van der Waals surface area contributed by atoms with Crippen LogP contribution in [0, 0.1) is 11.3 Å². The molecule has 202 valence electrons. The molecular weight excluding hydrogens is 491 g/mol. The molecular formula is C26H39FN8OS. The van der Waals surface area contributed by atoms with Crippen LogP contribution in [0.4, 0.5) is 15.0 Å². The van der Waals surface area contributed by atoms with Gasteiger partial charge in [0.15, 0.2) is 5.17 Å². The molecule has 3 aliphatic heterocycles. The van der Waals surface area contributed by atoms with Crippen molar-refractivity contribution in [3.63, 3.8) is 0 Å². The fourth-order valence-electron chi connectivity index (χ4n) is 5.32. The van der Waals surface area contributed by atoms with Crippen LogP contribution in [0.15, 0.2) is 23.8 Å². The predicted molar refractivity (Wildman–Crippen MR) is 150 cm³/mol. The average molecular weight is 531 g/mol. The lowest BCUT2D eigenvalue weighted by Gasteiger charge is -2.42. The summed E-state index contributed by atoms with van der Waals surface area (Å²) in [6, 6.07) is 0.156. The maximum absolute atomic E-state index is 13.7. The number of hydrogen-bond donors (Lipinski definition) is 1. The standard InChI is InChI=1S/C26H39FN8OS/c1-6-20-24(32(5)25(28)37-18(3)27)35-21(30-20)10-8-11-22(35)31(4)23(29-7-2)19-12-16-34(17-13-19)26(36)33-14-9-15-33/h7-8,10,18-19,22,28H,2,6,9,11-17H2,1,3-5H3. The summed E-state index contributed by atoms with van der Waals surface area (Å²) in [5.41, 5.74) is -0.299. The number of aryl methyl sites for hydroxylation is 1. The number of aromatic nitrogens is 2. The summed E-state index contributed by atoms with van der Waals surface area (Å²) in [5.74, 6) is 2.78. The Hall–Kier alpha value is -2.82. The average Bonchev–Trinajstić information content (AvgIpc) is 3.24. The number of anilines is 1. The Morgan fingerprint density at radius 1 is 1.32 bits per heavy atom. The number of halogens is 1. The molecule has 9 nitrogen and oxygen atoms in total. The van der Waals surface area contributed by atoms with Gasteiger partial charge < -0.3 is 19.6 Å². The van der Waals surface area contributed by atoms with Crippen LogP contribution in [0.25, 0.3) is 6.08 Å². The van der Waals surface area contributed by atoms with E-state index in [4.69, 9.17) is 15.4 Å². The van der Waals surface area contributed by atoms with Gasteiger partial charge in [-0.05, 0) is 38.7 Å². The van der Waals surface area contributed by atoms with Crippen LogP contribution in [-0.4, -0.2) is 87.1 Å². The summed E-state index contributed by atoms with van der Waals surface area (Å²) in [6.45, 7) is 10.5. The topological polar surface area (TPSA) is 84.1 Å². The number of urea groups is 1. The quantitative estimate of drug-likeness (QED) is 0.422. The number of likely N-dealkylation sites (tertiary alicyclic amines) is 2. The number of nitrogens with one attached hydrogen (secondary N) is 1. The summed E-state index contributed by atoms with van der Waals surface area (Å²) in [7, 11) is 3.85. The highest BCUT2D eigenvalue weighted by atomic mass is 32.2. The number of piperidine rings is 1. The Kier molecular flexibility index (Phi) is 8.61. The highest BCUT2D eigenvalue weighted by molar-refractivity contribution is 8.14. The monoisotopic (exact) mass is 530 g/mol. The number of rotatable bonds is 6. The minimum absolute atomic E-state index is 0.106. The van der Waals surface area contributed by atoms with E-state index in [0.717, 1.165) is 73.7 Å². The van der Waals surface area contributed by atoms with Gasteiger partial charge in [-0.2, -0.15) is 0 Å². The van der Waals surface area contributed by atoms with Crippen LogP contribution in [0.3, 0.4) is 0 Å². The molecule has 11 heteroatoms. The zero-order valence-corrected chi connectivity index (χ0v) is 23.2. The Morgan fingerprint density at radius 2 is 2.00 bits per heavy atom. The number of alkyl halides is 1. The van der Waals surface area contributed by atoms with Gasteiger partial charge in [0.05, 0.1) is 5.69 Å². The van der Waals surface area contributed by atoms with Gasteiger partial charge in [0.2, 0.25) is 0 Å². The maximum atomic E-state index is 13.7. The summed E-state index contributed by atoms with van der Waals surface area (Å²) in [5, 5.41) is 8.62. The molecule has 4 rings (SSSR count). The molecule has 0 spiro atoms. The lowest BCUT2D eigenvalue weighted by atomic mass is 9.94. The van der Waals surface area contributed by atoms with Crippen LogP contribution < -0.4 is 4.90 Å². The normalized spacial score (nSPS) is 20.8. The predicted octanol–water partition coefficient (Wildman–Crippen LogP) is 4.79. The highest BCUT2D eigenvalue weighted by Crippen LogP contribution is 2.36. The van der Waals surface area contributed by atoms with Crippen LogP contribution >= 0.6 is 11.8 Å². The molecule has 0 bridgehead atoms. The van der Waals surface area contributed by atoms with Crippen LogP contribution in [0.1, 0.15) is 57.2 Å². The lowest BCUT2D eigenvalue weighted by Crippen LogP contribution is -2.53. The molecule has 2 atom stereocenters. The molecule has 2 amide bonds. The van der Waals surface area contributed by atoms with Crippen LogP contribution in [0.2, 0.25) is 0 Å². The molecule has 3 aliphatic rings. The lowest BCUT2D eigenvalue weighted by molar-refractivity contribution is 0.114. The SMILES string of the molecule is C=CN=C(C1CCN(C(=O)N2CCC2)CC1)N(C)C1CC=Cc2nc(CC)c(N(C)C(=N)SC(C)F)n21. The van der Waals surface area contributed by atoms with E-state index in [2.05, 4.69) is 22.1 Å². The van der Waals surface area contributed by atoms with Crippen molar-refractivity contribution in [3.8, 4) is 0 Å². The number of fused-ring (bicyclic) bond motifs is 1. The summed E-state index contributed by atoms with van der Waals surface area (Å²) < 4.78 is 15.9. The van der Waals surface area contributed by atoms with Crippen LogP contribution in [0.5, 0.6) is 0 Å². The number of nitrogens with zero attached hydrogens (tertiary/aromatic N) is 7. The van der Waals surface area contributed by atoms with Crippen molar-refractivity contribution in [2.24, 2.45) is 10.9 Å². The van der Waals surface area contributed by atoms with E-state index in [1.807, 2.05) is 29.8 Å². The van der Waals surface area contributed by atoms with Crippen molar-refractivity contribution >= 4 is 40.7 Å². The molecule has 2 saturated heterocycles. The number of carbonyl (C=O) groups excluding carboxylic acids is 1. The van der Waals surface area contributed by atoms with Gasteiger partial charge in [-0.1, -0.05) is 31.3 Å². The minimum atomic E-state index is -1.17. The largest absolute Gasteiger partial charge is 0.342 e. The Morgan fingerprint density at radius 3 is 2.57 bits per heavy atom. The van der Waals surface area contributed by atoms with Gasteiger partial charge in [0, 0.05) is 58.8 Å². The summed E-state index contributed by atoms with van der Waals surface area (Å²) >= 11 is 0.885. The first-order chi connectivity index (χ1) is 17.8. The van der Waals surface area contributed by atoms with Crippen molar-refractivity contribution in [2.45, 2.75) is 57.6 Å². The third kappa shape index (κ3) is 5.56. The van der Waals surface area contributed by atoms with Gasteiger partial charge >= 0.3 is 6.03 Å². The molecule has 4 heterocycles. The summed E-state index contributed by atoms with van der Waals surface area (Å²) in [6.07, 6.45) is 9.85. The Labute approximate surface area is 223 Å². The number of amidine groups is 2. The van der Waals surface area contributed by atoms with E-state index in [9.17, 15) is 9.18 Å². The molecule has 0 aliphatic carbocycles. The first-order valence-electron chi connectivity index (χ1n) is 13.1. The maximum Gasteiger partial charge on any atom is 0.320 e. The van der Waals surface area contributed by atoms with Gasteiger partial charge in [0.25, 0.3) is 0 Å². The van der Waals surface area contributed by atoms with Crippen molar-refractivity contribution in [1.29, 1.82) is 5.41 Å². The molecule has 37 heavy (non-hydrogen) atoms. The van der Waals surface area contributed by atoms with Crippen molar-refractivity contribution in [2.75, 3.05) is 45.2 Å². The number of hydrogen-bond acceptors (Lipinski definition) is 5. The zero-order chi connectivity index (χ0) is 26.7. The molecule has 1 N–H and O–H groups in total. The van der Waals surface area contributed by atoms with E-state index >= 15 is 0 Å². The van der Waals surface area contributed by atoms with Crippen molar-refractivity contribution in [3.05, 3.63) is 30.4 Å². The number of amides is 2. The van der Waals surface area contributed by atoms with E-state index in [-0.39, 0.29) is 23.3 Å². The second-order valence-corrected chi connectivity index (χ2v) is 11.0. The van der Waals surface area contributed by atoms with E-state index in [0.29, 0.717) is 19.5 Å². The second kappa shape index (κ2) is 11.7. The fourth-order valence-corrected chi connectivity index (χ4v) is 5.87. The zero-order valence-electron chi connectivity index (χ0n) is 22.4. The molecule has 2 unspecified atom stereocenters. The van der Waals surface area contributed by atoms with E-state index in [1.54, 1.807) is 18.1 Å². The first-order valence-corrected chi connectivity index (χ1v) is 14.0. The fraction of sp³-hybridized carbons (Fsp3) is 0.615. The van der Waals surface area contributed by atoms with Gasteiger partial charge in [0.1, 0.15) is 29.1 Å². The third-order valence-electron chi connectivity index (χ3n) is 7.41.